The Hall–Kier alpha value is -3.36. The molecule has 218 valence electrons. The normalized spacial score (nSPS) is 16.9. The molecule has 1 rings (SSSR count). The van der Waals surface area contributed by atoms with E-state index in [1.807, 2.05) is 11.8 Å². The standard InChI is InChI=1S/C30H48N4O5/c1-9-20(3)26(27(37)33-19-30(7,8)28(38)39)24(35)15-21(10-2)22(17-31)18-32-23-11-13-34(14-12-23)25(36)16-29(4,5)6/h10,15,17-18,23,31-32,35H,9,11-14,16,19H2,1-8H3,(H,33,37)(H,38,39)/b21-10+,22-18+,24-15+,26-20-,31-17?. The van der Waals surface area contributed by atoms with Crippen LogP contribution in [0.4, 0.5) is 0 Å². The molecule has 0 aliphatic carbocycles. The number of nitrogens with zero attached hydrogens (tertiary/aromatic N) is 1. The van der Waals surface area contributed by atoms with Gasteiger partial charge in [-0.3, -0.25) is 14.4 Å². The number of carboxylic acid groups (broad SMARTS) is 1. The minimum absolute atomic E-state index is 0.0454. The van der Waals surface area contributed by atoms with Crippen molar-refractivity contribution >= 4 is 24.0 Å². The van der Waals surface area contributed by atoms with Crippen molar-refractivity contribution in [1.82, 2.24) is 15.5 Å². The second-order valence-electron chi connectivity index (χ2n) is 12.0. The van der Waals surface area contributed by atoms with E-state index >= 15 is 0 Å². The molecule has 2 amide bonds. The summed E-state index contributed by atoms with van der Waals surface area (Å²) in [6, 6.07) is 0.149. The molecule has 39 heavy (non-hydrogen) atoms. The number of aliphatic carboxylic acids is 1. The number of rotatable bonds is 12. The first kappa shape index (κ1) is 33.7. The van der Waals surface area contributed by atoms with Gasteiger partial charge in [-0.25, -0.2) is 0 Å². The molecule has 0 aromatic carbocycles. The number of nitrogens with one attached hydrogen (secondary N) is 3. The predicted octanol–water partition coefficient (Wildman–Crippen LogP) is 4.88. The molecule has 0 atom stereocenters. The Balaban J connectivity index is 3.00. The molecular weight excluding hydrogens is 496 g/mol. The van der Waals surface area contributed by atoms with Gasteiger partial charge in [-0.05, 0) is 64.0 Å². The van der Waals surface area contributed by atoms with Gasteiger partial charge in [0.2, 0.25) is 5.91 Å². The Labute approximate surface area is 233 Å². The minimum atomic E-state index is -1.16. The summed E-state index contributed by atoms with van der Waals surface area (Å²) in [5.41, 5.74) is 0.602. The molecule has 0 unspecified atom stereocenters. The second kappa shape index (κ2) is 14.7. The number of hydrogen-bond acceptors (Lipinski definition) is 6. The van der Waals surface area contributed by atoms with Gasteiger partial charge >= 0.3 is 5.97 Å². The molecule has 0 bridgehead atoms. The number of allylic oxidation sites excluding steroid dienone is 5. The summed E-state index contributed by atoms with van der Waals surface area (Å²) in [6.45, 7) is 15.8. The monoisotopic (exact) mass is 544 g/mol. The van der Waals surface area contributed by atoms with E-state index in [0.717, 1.165) is 12.8 Å². The molecule has 0 spiro atoms. The first-order valence-electron chi connectivity index (χ1n) is 13.6. The lowest BCUT2D eigenvalue weighted by atomic mass is 9.91. The van der Waals surface area contributed by atoms with Crippen LogP contribution in [0.3, 0.4) is 0 Å². The maximum absolute atomic E-state index is 13.0. The summed E-state index contributed by atoms with van der Waals surface area (Å²) in [6.07, 6.45) is 8.72. The van der Waals surface area contributed by atoms with Crippen molar-refractivity contribution in [2.45, 2.75) is 87.1 Å². The molecule has 1 aliphatic heterocycles. The van der Waals surface area contributed by atoms with Gasteiger partial charge in [0.05, 0.1) is 11.0 Å². The van der Waals surface area contributed by atoms with Crippen LogP contribution in [0.2, 0.25) is 0 Å². The average Bonchev–Trinajstić information content (AvgIpc) is 2.86. The quantitative estimate of drug-likeness (QED) is 0.103. The van der Waals surface area contributed by atoms with E-state index in [-0.39, 0.29) is 35.2 Å². The molecule has 1 aliphatic rings. The third kappa shape index (κ3) is 10.7. The average molecular weight is 545 g/mol. The highest BCUT2D eigenvalue weighted by molar-refractivity contribution is 5.98. The van der Waals surface area contributed by atoms with Crippen LogP contribution in [0.15, 0.2) is 46.4 Å². The van der Waals surface area contributed by atoms with Crippen molar-refractivity contribution in [2.24, 2.45) is 10.8 Å². The van der Waals surface area contributed by atoms with Crippen LogP contribution in [0.1, 0.15) is 81.1 Å². The summed E-state index contributed by atoms with van der Waals surface area (Å²) < 4.78 is 0. The van der Waals surface area contributed by atoms with Gasteiger partial charge in [0, 0.05) is 50.1 Å². The lowest BCUT2D eigenvalue weighted by molar-refractivity contribution is -0.146. The molecule has 9 nitrogen and oxygen atoms in total. The van der Waals surface area contributed by atoms with E-state index in [4.69, 9.17) is 5.41 Å². The molecule has 0 aromatic heterocycles. The Morgan fingerprint density at radius 2 is 1.64 bits per heavy atom. The number of aliphatic hydroxyl groups excluding tert-OH is 1. The fourth-order valence-electron chi connectivity index (χ4n) is 4.00. The third-order valence-corrected chi connectivity index (χ3v) is 6.81. The van der Waals surface area contributed by atoms with Gasteiger partial charge in [-0.1, -0.05) is 39.3 Å². The summed E-state index contributed by atoms with van der Waals surface area (Å²) in [4.78, 5) is 38.8. The van der Waals surface area contributed by atoms with Crippen molar-refractivity contribution in [3.63, 3.8) is 0 Å². The highest BCUT2D eigenvalue weighted by atomic mass is 16.4. The number of carbonyl (C=O) groups excluding carboxylic acids is 2. The molecule has 5 N–H and O–H groups in total. The van der Waals surface area contributed by atoms with Crippen LogP contribution in [0.25, 0.3) is 0 Å². The first-order valence-corrected chi connectivity index (χ1v) is 13.6. The number of amides is 2. The molecule has 9 heteroatoms. The molecule has 0 radical (unpaired) electrons. The molecule has 1 saturated heterocycles. The SMILES string of the molecule is C/C=C(\C=C(O)/C(C(=O)NCC(C)(C)C(=O)O)=C(\C)CC)C(/C=N)=C/NC1CCN(C(=O)CC(C)(C)C)CC1. The van der Waals surface area contributed by atoms with Crippen LogP contribution in [0, 0.1) is 16.2 Å². The Morgan fingerprint density at radius 3 is 2.10 bits per heavy atom. The summed E-state index contributed by atoms with van der Waals surface area (Å²) in [5, 5.41) is 34.2. The first-order chi connectivity index (χ1) is 18.1. The zero-order valence-electron chi connectivity index (χ0n) is 24.9. The Bertz CT molecular complexity index is 1040. The number of piperidine rings is 1. The van der Waals surface area contributed by atoms with Gasteiger partial charge < -0.3 is 31.2 Å². The van der Waals surface area contributed by atoms with Crippen molar-refractivity contribution < 1.29 is 24.6 Å². The fourth-order valence-corrected chi connectivity index (χ4v) is 4.00. The van der Waals surface area contributed by atoms with Crippen LogP contribution < -0.4 is 10.6 Å². The van der Waals surface area contributed by atoms with Crippen LogP contribution in [-0.4, -0.2) is 64.8 Å². The van der Waals surface area contributed by atoms with Crippen molar-refractivity contribution in [2.75, 3.05) is 19.6 Å². The Kier molecular flexibility index (Phi) is 12.7. The van der Waals surface area contributed by atoms with Crippen molar-refractivity contribution in [3.05, 3.63) is 46.4 Å². The maximum Gasteiger partial charge on any atom is 0.310 e. The summed E-state index contributed by atoms with van der Waals surface area (Å²) in [7, 11) is 0. The predicted molar refractivity (Wildman–Crippen MR) is 156 cm³/mol. The van der Waals surface area contributed by atoms with Gasteiger partial charge in [0.1, 0.15) is 5.76 Å². The number of likely N-dealkylation sites (tertiary alicyclic amines) is 1. The van der Waals surface area contributed by atoms with E-state index in [0.29, 0.717) is 42.7 Å². The topological polar surface area (TPSA) is 143 Å². The molecule has 1 fully saturated rings. The largest absolute Gasteiger partial charge is 0.507 e. The van der Waals surface area contributed by atoms with E-state index in [1.165, 1.54) is 26.1 Å². The highest BCUT2D eigenvalue weighted by Crippen LogP contribution is 2.23. The summed E-state index contributed by atoms with van der Waals surface area (Å²) >= 11 is 0. The lowest BCUT2D eigenvalue weighted by Crippen LogP contribution is -2.44. The molecule has 0 saturated carbocycles. The van der Waals surface area contributed by atoms with Crippen LogP contribution in [0.5, 0.6) is 0 Å². The summed E-state index contributed by atoms with van der Waals surface area (Å²) in [5.74, 6) is -1.67. The van der Waals surface area contributed by atoms with Gasteiger partial charge in [0.15, 0.2) is 0 Å². The van der Waals surface area contributed by atoms with Gasteiger partial charge in [-0.15, -0.1) is 0 Å². The number of carboxylic acids is 1. The lowest BCUT2D eigenvalue weighted by Gasteiger charge is -2.34. The highest BCUT2D eigenvalue weighted by Gasteiger charge is 2.29. The van der Waals surface area contributed by atoms with Gasteiger partial charge in [0.25, 0.3) is 5.91 Å². The maximum atomic E-state index is 13.0. The third-order valence-electron chi connectivity index (χ3n) is 6.81. The smallest absolute Gasteiger partial charge is 0.310 e. The van der Waals surface area contributed by atoms with Crippen molar-refractivity contribution in [1.29, 1.82) is 5.41 Å². The zero-order chi connectivity index (χ0) is 30.0. The van der Waals surface area contributed by atoms with Crippen molar-refractivity contribution in [3.8, 4) is 0 Å². The van der Waals surface area contributed by atoms with Gasteiger partial charge in [-0.2, -0.15) is 0 Å². The number of aliphatic hydroxyl groups is 1. The Morgan fingerprint density at radius 1 is 1.05 bits per heavy atom. The van der Waals surface area contributed by atoms with Crippen LogP contribution in [-0.2, 0) is 14.4 Å². The fraction of sp³-hybridized carbons (Fsp3) is 0.600. The zero-order valence-corrected chi connectivity index (χ0v) is 24.9. The minimum Gasteiger partial charge on any atom is -0.507 e. The van der Waals surface area contributed by atoms with E-state index < -0.39 is 17.3 Å². The molecule has 0 aromatic rings. The number of hydrogen-bond donors (Lipinski definition) is 5. The van der Waals surface area contributed by atoms with E-state index in [2.05, 4.69) is 31.4 Å². The van der Waals surface area contributed by atoms with E-state index in [1.54, 1.807) is 26.1 Å². The molecule has 1 heterocycles. The second-order valence-corrected chi connectivity index (χ2v) is 12.0. The molecular formula is C30H48N4O5. The number of carbonyl (C=O) groups is 3. The van der Waals surface area contributed by atoms with E-state index in [9.17, 15) is 24.6 Å². The van der Waals surface area contributed by atoms with Crippen LogP contribution >= 0.6 is 0 Å².